The van der Waals surface area contributed by atoms with Crippen molar-refractivity contribution in [2.45, 2.75) is 19.3 Å². The first-order valence-electron chi connectivity index (χ1n) is 7.84. The van der Waals surface area contributed by atoms with Crippen molar-refractivity contribution < 1.29 is 13.2 Å². The predicted octanol–water partition coefficient (Wildman–Crippen LogP) is 2.90. The summed E-state index contributed by atoms with van der Waals surface area (Å²) in [5.41, 5.74) is 1.67. The molecular formula is C18H20N2O3S. The largest absolute Gasteiger partial charge is 0.311 e. The number of nitrogens with one attached hydrogen (secondary N) is 1. The molecule has 1 aromatic heterocycles. The van der Waals surface area contributed by atoms with Crippen LogP contribution >= 0.6 is 0 Å². The van der Waals surface area contributed by atoms with Gasteiger partial charge < -0.3 is 5.32 Å². The number of carbonyl (C=O) groups is 1. The van der Waals surface area contributed by atoms with Crippen molar-refractivity contribution in [3.8, 4) is 11.1 Å². The molecule has 0 radical (unpaired) electrons. The third-order valence-electron chi connectivity index (χ3n) is 4.20. The van der Waals surface area contributed by atoms with Gasteiger partial charge in [0.2, 0.25) is 5.91 Å². The molecule has 0 unspecified atom stereocenters. The number of hydrogen-bond acceptors (Lipinski definition) is 4. The lowest BCUT2D eigenvalue weighted by Crippen LogP contribution is -2.23. The van der Waals surface area contributed by atoms with Gasteiger partial charge in [-0.15, -0.1) is 0 Å². The molecule has 6 heteroatoms. The molecule has 0 aliphatic heterocycles. The van der Waals surface area contributed by atoms with Crippen LogP contribution < -0.4 is 5.32 Å². The van der Waals surface area contributed by atoms with Gasteiger partial charge in [-0.2, -0.15) is 0 Å². The number of amides is 1. The van der Waals surface area contributed by atoms with Crippen molar-refractivity contribution in [1.29, 1.82) is 0 Å². The van der Waals surface area contributed by atoms with Crippen molar-refractivity contribution in [3.05, 3.63) is 48.7 Å². The van der Waals surface area contributed by atoms with E-state index in [1.165, 1.54) is 6.26 Å². The fourth-order valence-corrected chi connectivity index (χ4v) is 4.41. The molecule has 0 bridgehead atoms. The first-order valence-corrected chi connectivity index (χ1v) is 9.90. The SMILES string of the molecule is CS(=O)(=O)CC1(CC(=O)Nc2ccc(-c3ccccc3)cn2)CC1. The lowest BCUT2D eigenvalue weighted by molar-refractivity contribution is -0.117. The van der Waals surface area contributed by atoms with Crippen LogP contribution in [0.5, 0.6) is 0 Å². The van der Waals surface area contributed by atoms with Crippen LogP contribution in [-0.2, 0) is 14.6 Å². The first-order chi connectivity index (χ1) is 11.4. The summed E-state index contributed by atoms with van der Waals surface area (Å²) in [6.45, 7) is 0. The summed E-state index contributed by atoms with van der Waals surface area (Å²) < 4.78 is 22.9. The number of hydrogen-bond donors (Lipinski definition) is 1. The van der Waals surface area contributed by atoms with E-state index in [4.69, 9.17) is 0 Å². The van der Waals surface area contributed by atoms with Crippen LogP contribution in [0.15, 0.2) is 48.7 Å². The first kappa shape index (κ1) is 16.6. The zero-order valence-electron chi connectivity index (χ0n) is 13.5. The van der Waals surface area contributed by atoms with E-state index in [2.05, 4.69) is 10.3 Å². The molecule has 3 rings (SSSR count). The highest BCUT2D eigenvalue weighted by molar-refractivity contribution is 7.90. The minimum atomic E-state index is -3.07. The number of benzene rings is 1. The molecule has 1 saturated carbocycles. The van der Waals surface area contributed by atoms with Gasteiger partial charge in [0.15, 0.2) is 0 Å². The number of carbonyl (C=O) groups excluding carboxylic acids is 1. The van der Waals surface area contributed by atoms with Crippen molar-refractivity contribution in [3.63, 3.8) is 0 Å². The summed E-state index contributed by atoms with van der Waals surface area (Å²) in [6, 6.07) is 13.5. The molecule has 1 aliphatic carbocycles. The fraction of sp³-hybridized carbons (Fsp3) is 0.333. The number of nitrogens with zero attached hydrogens (tertiary/aromatic N) is 1. The van der Waals surface area contributed by atoms with Crippen LogP contribution in [0.1, 0.15) is 19.3 Å². The Morgan fingerprint density at radius 1 is 1.12 bits per heavy atom. The van der Waals surface area contributed by atoms with Gasteiger partial charge in [-0.25, -0.2) is 13.4 Å². The van der Waals surface area contributed by atoms with Crippen LogP contribution in [0, 0.1) is 5.41 Å². The lowest BCUT2D eigenvalue weighted by Gasteiger charge is -2.13. The minimum absolute atomic E-state index is 0.0772. The summed E-state index contributed by atoms with van der Waals surface area (Å²) in [6.07, 6.45) is 4.73. The summed E-state index contributed by atoms with van der Waals surface area (Å²) in [5, 5.41) is 2.76. The maximum Gasteiger partial charge on any atom is 0.226 e. The minimum Gasteiger partial charge on any atom is -0.311 e. The highest BCUT2D eigenvalue weighted by Gasteiger charge is 2.46. The van der Waals surface area contributed by atoms with E-state index in [1.807, 2.05) is 36.4 Å². The van der Waals surface area contributed by atoms with E-state index < -0.39 is 9.84 Å². The third-order valence-corrected chi connectivity index (χ3v) is 5.34. The molecule has 1 amide bonds. The van der Waals surface area contributed by atoms with Gasteiger partial charge in [-0.1, -0.05) is 30.3 Å². The molecule has 1 N–H and O–H groups in total. The maximum atomic E-state index is 12.2. The molecule has 0 atom stereocenters. The average Bonchev–Trinajstić information content (AvgIpc) is 3.25. The quantitative estimate of drug-likeness (QED) is 0.874. The lowest BCUT2D eigenvalue weighted by atomic mass is 10.1. The Labute approximate surface area is 142 Å². The van der Waals surface area contributed by atoms with Crippen LogP contribution in [0.25, 0.3) is 11.1 Å². The van der Waals surface area contributed by atoms with Gasteiger partial charge in [0.05, 0.1) is 5.75 Å². The predicted molar refractivity (Wildman–Crippen MR) is 94.3 cm³/mol. The van der Waals surface area contributed by atoms with E-state index in [0.29, 0.717) is 5.82 Å². The normalized spacial score (nSPS) is 15.7. The van der Waals surface area contributed by atoms with Crippen LogP contribution in [-0.4, -0.2) is 31.3 Å². The second-order valence-corrected chi connectivity index (χ2v) is 8.73. The van der Waals surface area contributed by atoms with E-state index in [9.17, 15) is 13.2 Å². The molecule has 1 fully saturated rings. The Hall–Kier alpha value is -2.21. The van der Waals surface area contributed by atoms with Gasteiger partial charge in [-0.05, 0) is 36.0 Å². The summed E-state index contributed by atoms with van der Waals surface area (Å²) >= 11 is 0. The maximum absolute atomic E-state index is 12.2. The summed E-state index contributed by atoms with van der Waals surface area (Å²) in [4.78, 5) is 16.4. The smallest absolute Gasteiger partial charge is 0.226 e. The topological polar surface area (TPSA) is 76.1 Å². The Bertz CT molecular complexity index is 826. The average molecular weight is 344 g/mol. The van der Waals surface area contributed by atoms with Crippen LogP contribution in [0.3, 0.4) is 0 Å². The molecule has 5 nitrogen and oxygen atoms in total. The van der Waals surface area contributed by atoms with Crippen LogP contribution in [0.2, 0.25) is 0 Å². The molecule has 126 valence electrons. The van der Waals surface area contributed by atoms with E-state index >= 15 is 0 Å². The van der Waals surface area contributed by atoms with Gasteiger partial charge in [-0.3, -0.25) is 4.79 Å². The molecule has 2 aromatic rings. The van der Waals surface area contributed by atoms with Gasteiger partial charge >= 0.3 is 0 Å². The number of pyridine rings is 1. The molecule has 0 spiro atoms. The van der Waals surface area contributed by atoms with Crippen molar-refractivity contribution in [2.75, 3.05) is 17.3 Å². The van der Waals surface area contributed by atoms with Gasteiger partial charge in [0.25, 0.3) is 0 Å². The molecule has 1 aromatic carbocycles. The standard InChI is InChI=1S/C18H20N2O3S/c1-24(22,23)13-18(9-10-18)11-17(21)20-16-8-7-15(12-19-16)14-5-3-2-4-6-14/h2-8,12H,9-11,13H2,1H3,(H,19,20,21). The second-order valence-electron chi connectivity index (χ2n) is 6.59. The highest BCUT2D eigenvalue weighted by Crippen LogP contribution is 2.49. The Morgan fingerprint density at radius 3 is 2.38 bits per heavy atom. The molecule has 1 heterocycles. The zero-order chi connectivity index (χ0) is 17.2. The Morgan fingerprint density at radius 2 is 1.83 bits per heavy atom. The number of anilines is 1. The van der Waals surface area contributed by atoms with Crippen molar-refractivity contribution >= 4 is 21.6 Å². The van der Waals surface area contributed by atoms with Crippen LogP contribution in [0.4, 0.5) is 5.82 Å². The molecule has 24 heavy (non-hydrogen) atoms. The number of aromatic nitrogens is 1. The highest BCUT2D eigenvalue weighted by atomic mass is 32.2. The van der Waals surface area contributed by atoms with Gasteiger partial charge in [0.1, 0.15) is 15.7 Å². The zero-order valence-corrected chi connectivity index (χ0v) is 14.3. The molecule has 0 saturated heterocycles. The Balaban J connectivity index is 1.61. The van der Waals surface area contributed by atoms with E-state index in [1.54, 1.807) is 12.3 Å². The summed E-state index contributed by atoms with van der Waals surface area (Å²) in [7, 11) is -3.07. The van der Waals surface area contributed by atoms with Crippen molar-refractivity contribution in [2.24, 2.45) is 5.41 Å². The number of sulfone groups is 1. The molecule has 1 aliphatic rings. The summed E-state index contributed by atoms with van der Waals surface area (Å²) in [5.74, 6) is 0.374. The third kappa shape index (κ3) is 4.41. The van der Waals surface area contributed by atoms with Gasteiger partial charge in [0, 0.05) is 24.4 Å². The number of rotatable bonds is 6. The monoisotopic (exact) mass is 344 g/mol. The van der Waals surface area contributed by atoms with E-state index in [0.717, 1.165) is 24.0 Å². The van der Waals surface area contributed by atoms with E-state index in [-0.39, 0.29) is 23.5 Å². The Kier molecular flexibility index (Phi) is 4.41. The molecular weight excluding hydrogens is 324 g/mol. The van der Waals surface area contributed by atoms with Crippen molar-refractivity contribution in [1.82, 2.24) is 4.98 Å². The fourth-order valence-electron chi connectivity index (χ4n) is 2.90. The second kappa shape index (κ2) is 6.36.